The molecule has 66 valence electrons. The van der Waals surface area contributed by atoms with E-state index in [1.165, 1.54) is 11.1 Å². The van der Waals surface area contributed by atoms with Gasteiger partial charge in [-0.1, -0.05) is 12.2 Å². The summed E-state index contributed by atoms with van der Waals surface area (Å²) in [6.07, 6.45) is 0. The molecule has 1 heterocycles. The van der Waals surface area contributed by atoms with Gasteiger partial charge in [0, 0.05) is 12.6 Å². The van der Waals surface area contributed by atoms with Crippen LogP contribution < -0.4 is 5.32 Å². The molecule has 0 bridgehead atoms. The maximum Gasteiger partial charge on any atom is 0.0303 e. The van der Waals surface area contributed by atoms with Crippen LogP contribution in [0.3, 0.4) is 0 Å². The number of nitrogens with one attached hydrogen (secondary N) is 1. The van der Waals surface area contributed by atoms with E-state index in [0.29, 0.717) is 6.04 Å². The fourth-order valence-corrected chi connectivity index (χ4v) is 1.72. The molecule has 1 aromatic heterocycles. The maximum atomic E-state index is 3.85. The predicted octanol–water partition coefficient (Wildman–Crippen LogP) is 2.97. The Balaban J connectivity index is 2.39. The van der Waals surface area contributed by atoms with Crippen molar-refractivity contribution in [2.75, 3.05) is 6.54 Å². The SMILES string of the molecule is C=C(C)CNC(C)c1ccsc1. The van der Waals surface area contributed by atoms with E-state index >= 15 is 0 Å². The third-order valence-electron chi connectivity index (χ3n) is 1.75. The minimum atomic E-state index is 0.438. The molecule has 0 saturated heterocycles. The van der Waals surface area contributed by atoms with Crippen molar-refractivity contribution in [3.63, 3.8) is 0 Å². The zero-order chi connectivity index (χ0) is 8.97. The first-order chi connectivity index (χ1) is 5.70. The average molecular weight is 181 g/mol. The molecule has 0 saturated carbocycles. The lowest BCUT2D eigenvalue weighted by Gasteiger charge is -2.11. The van der Waals surface area contributed by atoms with Crippen molar-refractivity contribution < 1.29 is 0 Å². The van der Waals surface area contributed by atoms with Gasteiger partial charge in [0.25, 0.3) is 0 Å². The van der Waals surface area contributed by atoms with Gasteiger partial charge in [-0.3, -0.25) is 0 Å². The highest BCUT2D eigenvalue weighted by Gasteiger charge is 2.03. The van der Waals surface area contributed by atoms with Gasteiger partial charge in [-0.25, -0.2) is 0 Å². The van der Waals surface area contributed by atoms with E-state index in [-0.39, 0.29) is 0 Å². The van der Waals surface area contributed by atoms with Gasteiger partial charge in [0.1, 0.15) is 0 Å². The fraction of sp³-hybridized carbons (Fsp3) is 0.400. The molecule has 0 aromatic carbocycles. The van der Waals surface area contributed by atoms with Crippen molar-refractivity contribution in [3.05, 3.63) is 34.5 Å². The predicted molar refractivity (Wildman–Crippen MR) is 55.6 cm³/mol. The second kappa shape index (κ2) is 4.43. The third-order valence-corrected chi connectivity index (χ3v) is 2.45. The molecule has 0 amide bonds. The molecule has 1 N–H and O–H groups in total. The molecule has 0 radical (unpaired) electrons. The van der Waals surface area contributed by atoms with Gasteiger partial charge >= 0.3 is 0 Å². The first-order valence-corrected chi connectivity index (χ1v) is 5.04. The van der Waals surface area contributed by atoms with Gasteiger partial charge in [-0.15, -0.1) is 0 Å². The van der Waals surface area contributed by atoms with Gasteiger partial charge in [0.15, 0.2) is 0 Å². The van der Waals surface area contributed by atoms with Crippen LogP contribution in [0.1, 0.15) is 25.5 Å². The molecular formula is C10H15NS. The van der Waals surface area contributed by atoms with Crippen molar-refractivity contribution >= 4 is 11.3 Å². The smallest absolute Gasteiger partial charge is 0.0303 e. The van der Waals surface area contributed by atoms with Gasteiger partial charge in [0.2, 0.25) is 0 Å². The summed E-state index contributed by atoms with van der Waals surface area (Å²) in [5.41, 5.74) is 2.54. The van der Waals surface area contributed by atoms with Crippen LogP contribution in [-0.2, 0) is 0 Å². The van der Waals surface area contributed by atoms with Gasteiger partial charge < -0.3 is 5.32 Å². The summed E-state index contributed by atoms with van der Waals surface area (Å²) in [5, 5.41) is 7.67. The first kappa shape index (κ1) is 9.49. The third kappa shape index (κ3) is 2.80. The highest BCUT2D eigenvalue weighted by molar-refractivity contribution is 7.07. The minimum absolute atomic E-state index is 0.438. The maximum absolute atomic E-state index is 3.85. The molecule has 1 unspecified atom stereocenters. The monoisotopic (exact) mass is 181 g/mol. The molecule has 0 aliphatic carbocycles. The summed E-state index contributed by atoms with van der Waals surface area (Å²) in [5.74, 6) is 0. The van der Waals surface area contributed by atoms with Crippen molar-refractivity contribution in [1.29, 1.82) is 0 Å². The first-order valence-electron chi connectivity index (χ1n) is 4.10. The topological polar surface area (TPSA) is 12.0 Å². The van der Waals surface area contributed by atoms with Gasteiger partial charge in [-0.05, 0) is 36.2 Å². The summed E-state index contributed by atoms with van der Waals surface area (Å²) in [6, 6.07) is 2.59. The van der Waals surface area contributed by atoms with Crippen LogP contribution in [0.2, 0.25) is 0 Å². The second-order valence-electron chi connectivity index (χ2n) is 3.12. The zero-order valence-corrected chi connectivity index (χ0v) is 8.45. The molecule has 0 aliphatic rings. The van der Waals surface area contributed by atoms with Crippen molar-refractivity contribution in [2.24, 2.45) is 0 Å². The summed E-state index contributed by atoms with van der Waals surface area (Å²) < 4.78 is 0. The molecule has 2 heteroatoms. The number of hydrogen-bond donors (Lipinski definition) is 1. The van der Waals surface area contributed by atoms with E-state index in [2.05, 4.69) is 35.6 Å². The lowest BCUT2D eigenvalue weighted by Crippen LogP contribution is -2.19. The number of thiophene rings is 1. The average Bonchev–Trinajstić information content (AvgIpc) is 2.51. The van der Waals surface area contributed by atoms with Gasteiger partial charge in [0.05, 0.1) is 0 Å². The Kier molecular flexibility index (Phi) is 3.50. The van der Waals surface area contributed by atoms with Crippen LogP contribution in [-0.4, -0.2) is 6.54 Å². The molecule has 12 heavy (non-hydrogen) atoms. The van der Waals surface area contributed by atoms with Crippen molar-refractivity contribution in [3.8, 4) is 0 Å². The molecule has 1 nitrogen and oxygen atoms in total. The molecule has 0 aliphatic heterocycles. The van der Waals surface area contributed by atoms with Crippen LogP contribution in [0.25, 0.3) is 0 Å². The summed E-state index contributed by atoms with van der Waals surface area (Å²) >= 11 is 1.74. The Hall–Kier alpha value is -0.600. The fourth-order valence-electron chi connectivity index (χ4n) is 0.967. The second-order valence-corrected chi connectivity index (χ2v) is 3.90. The van der Waals surface area contributed by atoms with Crippen LogP contribution >= 0.6 is 11.3 Å². The standard InChI is InChI=1S/C10H15NS/c1-8(2)6-11-9(3)10-4-5-12-7-10/h4-5,7,9,11H,1,6H2,2-3H3. The van der Waals surface area contributed by atoms with E-state index in [4.69, 9.17) is 0 Å². The summed E-state index contributed by atoms with van der Waals surface area (Å²) in [7, 11) is 0. The van der Waals surface area contributed by atoms with Crippen molar-refractivity contribution in [2.45, 2.75) is 19.9 Å². The van der Waals surface area contributed by atoms with E-state index in [1.54, 1.807) is 11.3 Å². The number of rotatable bonds is 4. The normalized spacial score (nSPS) is 12.8. The molecule has 0 spiro atoms. The lowest BCUT2D eigenvalue weighted by molar-refractivity contribution is 0.609. The molecular weight excluding hydrogens is 166 g/mol. The Morgan fingerprint density at radius 3 is 3.00 bits per heavy atom. The minimum Gasteiger partial charge on any atom is -0.306 e. The zero-order valence-electron chi connectivity index (χ0n) is 7.63. The lowest BCUT2D eigenvalue weighted by atomic mass is 10.2. The van der Waals surface area contributed by atoms with Crippen LogP contribution in [0.15, 0.2) is 29.0 Å². The molecule has 1 rings (SSSR count). The summed E-state index contributed by atoms with van der Waals surface area (Å²) in [6.45, 7) is 8.96. The Labute approximate surface area is 78.1 Å². The molecule has 0 fully saturated rings. The van der Waals surface area contributed by atoms with Crippen LogP contribution in [0, 0.1) is 0 Å². The Bertz CT molecular complexity index is 238. The van der Waals surface area contributed by atoms with E-state index < -0.39 is 0 Å². The van der Waals surface area contributed by atoms with E-state index in [9.17, 15) is 0 Å². The highest BCUT2D eigenvalue weighted by atomic mass is 32.1. The Morgan fingerprint density at radius 2 is 2.50 bits per heavy atom. The van der Waals surface area contributed by atoms with Gasteiger partial charge in [-0.2, -0.15) is 11.3 Å². The van der Waals surface area contributed by atoms with Crippen molar-refractivity contribution in [1.82, 2.24) is 5.32 Å². The van der Waals surface area contributed by atoms with E-state index in [0.717, 1.165) is 6.54 Å². The molecule has 1 atom stereocenters. The van der Waals surface area contributed by atoms with Crippen LogP contribution in [0.5, 0.6) is 0 Å². The summed E-state index contributed by atoms with van der Waals surface area (Å²) in [4.78, 5) is 0. The highest BCUT2D eigenvalue weighted by Crippen LogP contribution is 2.15. The largest absolute Gasteiger partial charge is 0.306 e. The van der Waals surface area contributed by atoms with E-state index in [1.807, 2.05) is 6.92 Å². The molecule has 1 aromatic rings. The number of hydrogen-bond acceptors (Lipinski definition) is 2. The van der Waals surface area contributed by atoms with Crippen LogP contribution in [0.4, 0.5) is 0 Å². The Morgan fingerprint density at radius 1 is 1.75 bits per heavy atom. The quantitative estimate of drug-likeness (QED) is 0.704.